The molecule has 0 aromatic rings. The lowest BCUT2D eigenvalue weighted by Crippen LogP contribution is -2.59. The smallest absolute Gasteiger partial charge is 0.221 e. The maximum absolute atomic E-state index is 11.8. The van der Waals surface area contributed by atoms with Gasteiger partial charge >= 0.3 is 0 Å². The van der Waals surface area contributed by atoms with E-state index in [-0.39, 0.29) is 0 Å². The summed E-state index contributed by atoms with van der Waals surface area (Å²) >= 11 is 0. The van der Waals surface area contributed by atoms with Crippen LogP contribution in [0.15, 0.2) is 0 Å². The van der Waals surface area contributed by atoms with Crippen molar-refractivity contribution in [2.75, 3.05) is 6.61 Å². The molecule has 0 aliphatic heterocycles. The Bertz CT molecular complexity index is 371. The number of carbonyl (C=O) groups excluding carboxylic acids is 4. The van der Waals surface area contributed by atoms with Gasteiger partial charge in [-0.1, -0.05) is 0 Å². The van der Waals surface area contributed by atoms with Gasteiger partial charge in [0.25, 0.3) is 0 Å². The van der Waals surface area contributed by atoms with E-state index in [0.717, 1.165) is 20.8 Å². The van der Waals surface area contributed by atoms with Crippen molar-refractivity contribution in [3.63, 3.8) is 0 Å². The quantitative estimate of drug-likeness (QED) is 0.357. The first-order valence-corrected chi connectivity index (χ1v) is 5.18. The molecule has 0 bridgehead atoms. The van der Waals surface area contributed by atoms with E-state index in [9.17, 15) is 29.4 Å². The van der Waals surface area contributed by atoms with Crippen LogP contribution in [0.1, 0.15) is 20.8 Å². The minimum absolute atomic E-state index is 0.848. The standard InChI is InChI=1S/C11H16O7/c1-5(13)9(17)11(6(2)14,7(3)15)10(18)8(16)4-12/h8,10,12,16,18H,4H2,1-3H3/t8-,10-/m1/s1. The zero-order chi connectivity index (χ0) is 14.7. The highest BCUT2D eigenvalue weighted by Gasteiger charge is 2.57. The van der Waals surface area contributed by atoms with Crippen LogP contribution >= 0.6 is 0 Å². The van der Waals surface area contributed by atoms with Gasteiger partial charge in [0, 0.05) is 6.92 Å². The fraction of sp³-hybridized carbons (Fsp3) is 0.636. The molecule has 18 heavy (non-hydrogen) atoms. The van der Waals surface area contributed by atoms with Crippen molar-refractivity contribution in [2.24, 2.45) is 5.41 Å². The molecule has 0 heterocycles. The van der Waals surface area contributed by atoms with Gasteiger partial charge in [0.05, 0.1) is 6.61 Å². The average molecular weight is 260 g/mol. The van der Waals surface area contributed by atoms with Crippen LogP contribution in [0, 0.1) is 5.41 Å². The van der Waals surface area contributed by atoms with Gasteiger partial charge in [0.1, 0.15) is 12.2 Å². The van der Waals surface area contributed by atoms with E-state index in [1.807, 2.05) is 0 Å². The topological polar surface area (TPSA) is 129 Å². The summed E-state index contributed by atoms with van der Waals surface area (Å²) in [4.78, 5) is 46.0. The molecule has 0 aromatic heterocycles. The first kappa shape index (κ1) is 16.6. The Morgan fingerprint density at radius 1 is 1.00 bits per heavy atom. The molecule has 7 nitrogen and oxygen atoms in total. The van der Waals surface area contributed by atoms with Crippen LogP contribution in [0.25, 0.3) is 0 Å². The molecule has 0 fully saturated rings. The number of rotatable bonds is 7. The summed E-state index contributed by atoms with van der Waals surface area (Å²) in [6.45, 7) is 1.60. The third kappa shape index (κ3) is 2.53. The Labute approximate surface area is 103 Å². The molecule has 0 saturated carbocycles. The molecule has 0 aromatic carbocycles. The van der Waals surface area contributed by atoms with Crippen LogP contribution in [0.2, 0.25) is 0 Å². The van der Waals surface area contributed by atoms with Crippen molar-refractivity contribution in [3.05, 3.63) is 0 Å². The lowest BCUT2D eigenvalue weighted by Gasteiger charge is -2.33. The van der Waals surface area contributed by atoms with Gasteiger partial charge in [0.2, 0.25) is 5.78 Å². The number of carbonyl (C=O) groups is 4. The first-order valence-electron chi connectivity index (χ1n) is 5.18. The fourth-order valence-corrected chi connectivity index (χ4v) is 1.78. The fourth-order valence-electron chi connectivity index (χ4n) is 1.78. The van der Waals surface area contributed by atoms with E-state index < -0.39 is 47.4 Å². The van der Waals surface area contributed by atoms with E-state index in [4.69, 9.17) is 5.11 Å². The molecule has 0 aliphatic carbocycles. The largest absolute Gasteiger partial charge is 0.394 e. The monoisotopic (exact) mass is 260 g/mol. The van der Waals surface area contributed by atoms with Crippen molar-refractivity contribution in [3.8, 4) is 0 Å². The SMILES string of the molecule is CC(=O)C(=O)C(C(C)=O)(C(C)=O)[C@H](O)[C@H](O)CO. The predicted octanol–water partition coefficient (Wildman–Crippen LogP) is -1.98. The molecule has 0 unspecified atom stereocenters. The Hall–Kier alpha value is -1.44. The lowest BCUT2D eigenvalue weighted by molar-refractivity contribution is -0.165. The third-order valence-corrected chi connectivity index (χ3v) is 2.78. The number of Topliss-reactive ketones (excluding diaryl/α,β-unsaturated/α-hetero) is 4. The van der Waals surface area contributed by atoms with Crippen molar-refractivity contribution in [2.45, 2.75) is 33.0 Å². The van der Waals surface area contributed by atoms with Crippen molar-refractivity contribution >= 4 is 23.1 Å². The summed E-state index contributed by atoms with van der Waals surface area (Å²) in [5.74, 6) is -4.61. The van der Waals surface area contributed by atoms with Crippen LogP contribution in [-0.4, -0.2) is 57.3 Å². The van der Waals surface area contributed by atoms with Crippen molar-refractivity contribution in [1.29, 1.82) is 0 Å². The number of aliphatic hydroxyl groups is 3. The molecule has 102 valence electrons. The predicted molar refractivity (Wildman–Crippen MR) is 58.6 cm³/mol. The van der Waals surface area contributed by atoms with Crippen molar-refractivity contribution < 1.29 is 34.5 Å². The second kappa shape index (κ2) is 5.94. The van der Waals surface area contributed by atoms with Crippen LogP contribution in [0.3, 0.4) is 0 Å². The molecular formula is C11H16O7. The van der Waals surface area contributed by atoms with Crippen LogP contribution in [0.5, 0.6) is 0 Å². The van der Waals surface area contributed by atoms with E-state index in [1.165, 1.54) is 0 Å². The third-order valence-electron chi connectivity index (χ3n) is 2.78. The van der Waals surface area contributed by atoms with Crippen LogP contribution in [0.4, 0.5) is 0 Å². The number of aliphatic hydroxyl groups excluding tert-OH is 3. The Balaban J connectivity index is 5.96. The first-order chi connectivity index (χ1) is 8.13. The highest BCUT2D eigenvalue weighted by molar-refractivity contribution is 6.48. The Morgan fingerprint density at radius 2 is 1.39 bits per heavy atom. The van der Waals surface area contributed by atoms with Gasteiger partial charge < -0.3 is 15.3 Å². The number of hydrogen-bond donors (Lipinski definition) is 3. The average Bonchev–Trinajstić information content (AvgIpc) is 2.27. The number of ketones is 4. The van der Waals surface area contributed by atoms with E-state index in [1.54, 1.807) is 0 Å². The van der Waals surface area contributed by atoms with Gasteiger partial charge in [-0.15, -0.1) is 0 Å². The maximum Gasteiger partial charge on any atom is 0.221 e. The number of hydrogen-bond acceptors (Lipinski definition) is 7. The molecule has 7 heteroatoms. The zero-order valence-corrected chi connectivity index (χ0v) is 10.3. The molecule has 0 aliphatic rings. The van der Waals surface area contributed by atoms with Gasteiger partial charge in [0.15, 0.2) is 22.8 Å². The van der Waals surface area contributed by atoms with Crippen molar-refractivity contribution in [1.82, 2.24) is 0 Å². The summed E-state index contributed by atoms with van der Waals surface area (Å²) in [6, 6.07) is 0. The minimum atomic E-state index is -2.66. The molecule has 0 saturated heterocycles. The Morgan fingerprint density at radius 3 is 1.61 bits per heavy atom. The van der Waals surface area contributed by atoms with Crippen LogP contribution in [-0.2, 0) is 19.2 Å². The summed E-state index contributed by atoms with van der Waals surface area (Å²) in [7, 11) is 0. The minimum Gasteiger partial charge on any atom is -0.394 e. The molecule has 0 amide bonds. The Kier molecular flexibility index (Phi) is 5.47. The summed E-state index contributed by atoms with van der Waals surface area (Å²) in [5.41, 5.74) is -2.66. The molecule has 3 N–H and O–H groups in total. The van der Waals surface area contributed by atoms with Crippen LogP contribution < -0.4 is 0 Å². The van der Waals surface area contributed by atoms with Gasteiger partial charge in [-0.2, -0.15) is 0 Å². The maximum atomic E-state index is 11.8. The highest BCUT2D eigenvalue weighted by Crippen LogP contribution is 2.29. The normalized spacial score (nSPS) is 14.8. The van der Waals surface area contributed by atoms with E-state index in [2.05, 4.69) is 0 Å². The highest BCUT2D eigenvalue weighted by atomic mass is 16.4. The van der Waals surface area contributed by atoms with Gasteiger partial charge in [-0.05, 0) is 13.8 Å². The van der Waals surface area contributed by atoms with E-state index >= 15 is 0 Å². The van der Waals surface area contributed by atoms with Gasteiger partial charge in [-0.25, -0.2) is 0 Å². The molecular weight excluding hydrogens is 244 g/mol. The molecule has 2 atom stereocenters. The van der Waals surface area contributed by atoms with E-state index in [0.29, 0.717) is 0 Å². The molecule has 0 spiro atoms. The summed E-state index contributed by atoms with van der Waals surface area (Å²) < 4.78 is 0. The molecule has 0 rings (SSSR count). The second-order valence-corrected chi connectivity index (χ2v) is 4.00. The summed E-state index contributed by atoms with van der Waals surface area (Å²) in [6.07, 6.45) is -4.06. The lowest BCUT2D eigenvalue weighted by atomic mass is 9.69. The summed E-state index contributed by atoms with van der Waals surface area (Å²) in [5, 5.41) is 27.8. The molecule has 0 radical (unpaired) electrons. The second-order valence-electron chi connectivity index (χ2n) is 4.00. The zero-order valence-electron chi connectivity index (χ0n) is 10.3. The van der Waals surface area contributed by atoms with Gasteiger partial charge in [-0.3, -0.25) is 19.2 Å².